The van der Waals surface area contributed by atoms with Gasteiger partial charge in [-0.15, -0.1) is 0 Å². The van der Waals surface area contributed by atoms with Gasteiger partial charge in [-0.05, 0) is 24.8 Å². The van der Waals surface area contributed by atoms with Gasteiger partial charge in [-0.3, -0.25) is 4.79 Å². The van der Waals surface area contributed by atoms with Crippen LogP contribution >= 0.6 is 0 Å². The molecule has 1 aromatic heterocycles. The van der Waals surface area contributed by atoms with Crippen LogP contribution < -0.4 is 11.3 Å². The van der Waals surface area contributed by atoms with Gasteiger partial charge < -0.3 is 10.3 Å². The molecule has 15 heavy (non-hydrogen) atoms. The lowest BCUT2D eigenvalue weighted by Crippen LogP contribution is -2.29. The highest BCUT2D eigenvalue weighted by Crippen LogP contribution is 2.22. The molecular formula is C12H20N2O. The van der Waals surface area contributed by atoms with Gasteiger partial charge in [0.05, 0.1) is 5.69 Å². The molecule has 0 aromatic carbocycles. The van der Waals surface area contributed by atoms with Crippen molar-refractivity contribution >= 4 is 5.69 Å². The van der Waals surface area contributed by atoms with Crippen LogP contribution in [0.25, 0.3) is 0 Å². The third-order valence-electron chi connectivity index (χ3n) is 3.04. The topological polar surface area (TPSA) is 48.0 Å². The first-order chi connectivity index (χ1) is 6.87. The van der Waals surface area contributed by atoms with Gasteiger partial charge in [-0.2, -0.15) is 0 Å². The van der Waals surface area contributed by atoms with Gasteiger partial charge in [0.1, 0.15) is 0 Å². The summed E-state index contributed by atoms with van der Waals surface area (Å²) in [4.78, 5) is 11.7. The zero-order chi connectivity index (χ0) is 11.6. The quantitative estimate of drug-likeness (QED) is 0.827. The van der Waals surface area contributed by atoms with Crippen molar-refractivity contribution < 1.29 is 0 Å². The number of nitrogens with two attached hydrogens (primary N) is 1. The lowest BCUT2D eigenvalue weighted by molar-refractivity contribution is 0.288. The Hall–Kier alpha value is -1.25. The van der Waals surface area contributed by atoms with Gasteiger partial charge in [0.15, 0.2) is 0 Å². The van der Waals surface area contributed by atoms with E-state index in [2.05, 4.69) is 20.8 Å². The Kier molecular flexibility index (Phi) is 3.22. The van der Waals surface area contributed by atoms with E-state index < -0.39 is 0 Å². The number of aromatic nitrogens is 1. The highest BCUT2D eigenvalue weighted by Gasteiger charge is 2.17. The molecule has 3 heteroatoms. The van der Waals surface area contributed by atoms with E-state index in [0.29, 0.717) is 5.69 Å². The van der Waals surface area contributed by atoms with Crippen LogP contribution in [0.1, 0.15) is 32.9 Å². The molecule has 0 aliphatic rings. The molecule has 0 spiro atoms. The van der Waals surface area contributed by atoms with Crippen LogP contribution in [-0.2, 0) is 6.54 Å². The largest absolute Gasteiger partial charge is 0.397 e. The summed E-state index contributed by atoms with van der Waals surface area (Å²) in [5.41, 5.74) is 7.50. The normalized spacial score (nSPS) is 11.7. The van der Waals surface area contributed by atoms with E-state index >= 15 is 0 Å². The van der Waals surface area contributed by atoms with Crippen LogP contribution in [0.4, 0.5) is 5.69 Å². The van der Waals surface area contributed by atoms with Crippen LogP contribution in [0.2, 0.25) is 0 Å². The Labute approximate surface area is 90.9 Å². The molecule has 84 valence electrons. The molecular weight excluding hydrogens is 188 g/mol. The summed E-state index contributed by atoms with van der Waals surface area (Å²) in [7, 11) is 0. The van der Waals surface area contributed by atoms with Gasteiger partial charge in [0.2, 0.25) is 0 Å². The standard InChI is InChI=1S/C12H20N2O/c1-5-12(3,4)8-14-9(2)10(13)6-7-11(14)15/h6-7H,5,8,13H2,1-4H3. The zero-order valence-electron chi connectivity index (χ0n) is 10.0. The van der Waals surface area contributed by atoms with Crippen LogP contribution in [-0.4, -0.2) is 4.57 Å². The van der Waals surface area contributed by atoms with Crippen LogP contribution in [0, 0.1) is 12.3 Å². The van der Waals surface area contributed by atoms with Crippen molar-refractivity contribution in [2.75, 3.05) is 5.73 Å². The Morgan fingerprint density at radius 1 is 1.40 bits per heavy atom. The molecule has 0 fully saturated rings. The maximum Gasteiger partial charge on any atom is 0.250 e. The number of hydrogen-bond acceptors (Lipinski definition) is 2. The molecule has 2 N–H and O–H groups in total. The first kappa shape index (κ1) is 11.8. The van der Waals surface area contributed by atoms with Crippen molar-refractivity contribution in [1.82, 2.24) is 4.57 Å². The van der Waals surface area contributed by atoms with E-state index in [1.807, 2.05) is 6.92 Å². The molecule has 0 aliphatic heterocycles. The molecule has 0 unspecified atom stereocenters. The minimum atomic E-state index is 0.0308. The van der Waals surface area contributed by atoms with Gasteiger partial charge in [-0.25, -0.2) is 0 Å². The third kappa shape index (κ3) is 2.61. The predicted molar refractivity (Wildman–Crippen MR) is 63.9 cm³/mol. The van der Waals surface area contributed by atoms with Crippen molar-refractivity contribution in [3.63, 3.8) is 0 Å². The Morgan fingerprint density at radius 2 is 2.00 bits per heavy atom. The minimum absolute atomic E-state index is 0.0308. The Balaban J connectivity index is 3.15. The fourth-order valence-electron chi connectivity index (χ4n) is 1.43. The molecule has 0 amide bonds. The fraction of sp³-hybridized carbons (Fsp3) is 0.583. The van der Waals surface area contributed by atoms with E-state index in [0.717, 1.165) is 18.7 Å². The summed E-state index contributed by atoms with van der Waals surface area (Å²) in [6, 6.07) is 3.21. The van der Waals surface area contributed by atoms with E-state index in [1.54, 1.807) is 10.6 Å². The summed E-state index contributed by atoms with van der Waals surface area (Å²) in [6.45, 7) is 9.05. The first-order valence-corrected chi connectivity index (χ1v) is 5.33. The van der Waals surface area contributed by atoms with E-state index in [9.17, 15) is 4.79 Å². The smallest absolute Gasteiger partial charge is 0.250 e. The number of nitrogen functional groups attached to an aromatic ring is 1. The van der Waals surface area contributed by atoms with Gasteiger partial charge in [-0.1, -0.05) is 20.8 Å². The number of hydrogen-bond donors (Lipinski definition) is 1. The second-order valence-corrected chi connectivity index (χ2v) is 4.82. The molecule has 1 aromatic rings. The number of nitrogens with zero attached hydrogens (tertiary/aromatic N) is 1. The average molecular weight is 208 g/mol. The molecule has 0 saturated heterocycles. The third-order valence-corrected chi connectivity index (χ3v) is 3.04. The molecule has 1 heterocycles. The van der Waals surface area contributed by atoms with Gasteiger partial charge >= 0.3 is 0 Å². The first-order valence-electron chi connectivity index (χ1n) is 5.33. The lowest BCUT2D eigenvalue weighted by Gasteiger charge is -2.25. The van der Waals surface area contributed by atoms with Gasteiger partial charge in [0, 0.05) is 18.3 Å². The maximum atomic E-state index is 11.7. The second kappa shape index (κ2) is 4.09. The molecule has 0 aliphatic carbocycles. The summed E-state index contributed by atoms with van der Waals surface area (Å²) in [5.74, 6) is 0. The second-order valence-electron chi connectivity index (χ2n) is 4.82. The fourth-order valence-corrected chi connectivity index (χ4v) is 1.43. The highest BCUT2D eigenvalue weighted by atomic mass is 16.1. The van der Waals surface area contributed by atoms with Crippen molar-refractivity contribution in [2.24, 2.45) is 5.41 Å². The number of anilines is 1. The summed E-state index contributed by atoms with van der Waals surface area (Å²) in [5, 5.41) is 0. The minimum Gasteiger partial charge on any atom is -0.397 e. The molecule has 0 atom stereocenters. The monoisotopic (exact) mass is 208 g/mol. The van der Waals surface area contributed by atoms with Gasteiger partial charge in [0.25, 0.3) is 5.56 Å². The van der Waals surface area contributed by atoms with Crippen LogP contribution in [0.15, 0.2) is 16.9 Å². The number of pyridine rings is 1. The maximum absolute atomic E-state index is 11.7. The summed E-state index contributed by atoms with van der Waals surface area (Å²) >= 11 is 0. The lowest BCUT2D eigenvalue weighted by atomic mass is 9.90. The molecule has 0 saturated carbocycles. The molecule has 0 radical (unpaired) electrons. The van der Waals surface area contributed by atoms with Crippen molar-refractivity contribution in [1.29, 1.82) is 0 Å². The average Bonchev–Trinajstić information content (AvgIpc) is 2.19. The predicted octanol–water partition coefficient (Wildman–Crippen LogP) is 2.18. The van der Waals surface area contributed by atoms with E-state index in [-0.39, 0.29) is 11.0 Å². The van der Waals surface area contributed by atoms with Crippen LogP contribution in [0.5, 0.6) is 0 Å². The molecule has 3 nitrogen and oxygen atoms in total. The highest BCUT2D eigenvalue weighted by molar-refractivity contribution is 5.41. The summed E-state index contributed by atoms with van der Waals surface area (Å²) in [6.07, 6.45) is 1.04. The van der Waals surface area contributed by atoms with Crippen molar-refractivity contribution in [3.8, 4) is 0 Å². The number of rotatable bonds is 3. The van der Waals surface area contributed by atoms with Crippen LogP contribution in [0.3, 0.4) is 0 Å². The summed E-state index contributed by atoms with van der Waals surface area (Å²) < 4.78 is 1.76. The Bertz CT molecular complexity index is 405. The van der Waals surface area contributed by atoms with Crippen molar-refractivity contribution in [2.45, 2.75) is 40.7 Å². The zero-order valence-corrected chi connectivity index (χ0v) is 10.0. The van der Waals surface area contributed by atoms with E-state index in [4.69, 9.17) is 5.73 Å². The molecule has 0 bridgehead atoms. The Morgan fingerprint density at radius 3 is 2.53 bits per heavy atom. The van der Waals surface area contributed by atoms with E-state index in [1.165, 1.54) is 6.07 Å². The molecule has 1 rings (SSSR count). The SMILES string of the molecule is CCC(C)(C)Cn1c(C)c(N)ccc1=O. The van der Waals surface area contributed by atoms with Crippen molar-refractivity contribution in [3.05, 3.63) is 28.2 Å².